The van der Waals surface area contributed by atoms with Gasteiger partial charge in [-0.25, -0.2) is 4.39 Å². The monoisotopic (exact) mass is 331 g/mol. The molecule has 0 aliphatic carbocycles. The fourth-order valence-corrected chi connectivity index (χ4v) is 2.82. The second-order valence-corrected chi connectivity index (χ2v) is 5.68. The summed E-state index contributed by atoms with van der Waals surface area (Å²) in [4.78, 5) is 0. The van der Waals surface area contributed by atoms with Gasteiger partial charge in [0.25, 0.3) is 0 Å². The minimum absolute atomic E-state index is 0.0686. The Labute approximate surface area is 130 Å². The lowest BCUT2D eigenvalue weighted by molar-refractivity contribution is 0.210. The normalized spacial score (nSPS) is 17.1. The maximum absolute atomic E-state index is 13.2. The molecule has 0 fully saturated rings. The van der Waals surface area contributed by atoms with Crippen LogP contribution in [0.15, 0.2) is 30.3 Å². The molecule has 1 heterocycles. The molecule has 0 saturated carbocycles. The average Bonchev–Trinajstić information content (AvgIpc) is 2.41. The zero-order chi connectivity index (χ0) is 14.3. The van der Waals surface area contributed by atoms with Crippen LogP contribution in [0.3, 0.4) is 0 Å². The number of nitrogens with one attached hydrogen (secondary N) is 1. The van der Waals surface area contributed by atoms with Gasteiger partial charge in [-0.3, -0.25) is 0 Å². The second-order valence-electron chi connectivity index (χ2n) is 4.43. The van der Waals surface area contributed by atoms with Gasteiger partial charge in [0, 0.05) is 5.02 Å². The van der Waals surface area contributed by atoms with Crippen molar-refractivity contribution in [2.24, 2.45) is 0 Å². The van der Waals surface area contributed by atoms with Crippen LogP contribution in [-0.4, -0.2) is 6.54 Å². The van der Waals surface area contributed by atoms with E-state index in [-0.39, 0.29) is 11.1 Å². The average molecular weight is 333 g/mol. The number of halogens is 4. The maximum atomic E-state index is 13.2. The summed E-state index contributed by atoms with van der Waals surface area (Å²) in [7, 11) is 0. The quantitative estimate of drug-likeness (QED) is 0.762. The number of hydrogen-bond acceptors (Lipinski definition) is 2. The van der Waals surface area contributed by atoms with Crippen LogP contribution >= 0.6 is 34.8 Å². The van der Waals surface area contributed by atoms with Crippen molar-refractivity contribution in [1.82, 2.24) is 0 Å². The van der Waals surface area contributed by atoms with E-state index in [9.17, 15) is 4.39 Å². The summed E-state index contributed by atoms with van der Waals surface area (Å²) in [6.07, 6.45) is -0.292. The summed E-state index contributed by atoms with van der Waals surface area (Å²) in [6.45, 7) is 0.519. The smallest absolute Gasteiger partial charge is 0.162 e. The van der Waals surface area contributed by atoms with Crippen LogP contribution < -0.4 is 10.1 Å². The van der Waals surface area contributed by atoms with Crippen molar-refractivity contribution in [3.8, 4) is 5.75 Å². The van der Waals surface area contributed by atoms with Gasteiger partial charge in [0.05, 0.1) is 22.3 Å². The van der Waals surface area contributed by atoms with Crippen LogP contribution in [0.25, 0.3) is 0 Å². The Morgan fingerprint density at radius 1 is 1.10 bits per heavy atom. The first-order chi connectivity index (χ1) is 9.54. The molecule has 2 nitrogen and oxygen atoms in total. The third-order valence-corrected chi connectivity index (χ3v) is 3.85. The molecule has 3 rings (SSSR count). The standard InChI is InChI=1S/C14H9Cl3FNO/c15-8-4-10(17)14-12(5-8)19-6-13(20-14)7-1-2-11(18)9(16)3-7/h1-5,13,19H,6H2. The Hall–Kier alpha value is -1.16. The molecular weight excluding hydrogens is 324 g/mol. The lowest BCUT2D eigenvalue weighted by atomic mass is 10.1. The van der Waals surface area contributed by atoms with Gasteiger partial charge in [-0.2, -0.15) is 0 Å². The van der Waals surface area contributed by atoms with Gasteiger partial charge in [-0.15, -0.1) is 0 Å². The number of rotatable bonds is 1. The maximum Gasteiger partial charge on any atom is 0.162 e. The Balaban J connectivity index is 1.93. The van der Waals surface area contributed by atoms with Crippen LogP contribution in [0.4, 0.5) is 10.1 Å². The van der Waals surface area contributed by atoms with Gasteiger partial charge in [0.1, 0.15) is 11.9 Å². The van der Waals surface area contributed by atoms with Crippen LogP contribution in [-0.2, 0) is 0 Å². The molecule has 0 spiro atoms. The molecule has 1 unspecified atom stereocenters. The molecular formula is C14H9Cl3FNO. The van der Waals surface area contributed by atoms with Gasteiger partial charge >= 0.3 is 0 Å². The van der Waals surface area contributed by atoms with Crippen molar-refractivity contribution in [2.75, 3.05) is 11.9 Å². The summed E-state index contributed by atoms with van der Waals surface area (Å²) in [5.41, 5.74) is 1.52. The fourth-order valence-electron chi connectivity index (χ4n) is 2.10. The van der Waals surface area contributed by atoms with E-state index in [1.165, 1.54) is 6.07 Å². The van der Waals surface area contributed by atoms with E-state index in [2.05, 4.69) is 5.32 Å². The van der Waals surface area contributed by atoms with E-state index < -0.39 is 5.82 Å². The van der Waals surface area contributed by atoms with E-state index in [1.807, 2.05) is 0 Å². The SMILES string of the molecule is Fc1ccc(C2CNc3cc(Cl)cc(Cl)c3O2)cc1Cl. The Morgan fingerprint density at radius 2 is 1.90 bits per heavy atom. The second kappa shape index (κ2) is 5.32. The first-order valence-electron chi connectivity index (χ1n) is 5.89. The largest absolute Gasteiger partial charge is 0.480 e. The molecule has 20 heavy (non-hydrogen) atoms. The number of anilines is 1. The number of hydrogen-bond donors (Lipinski definition) is 1. The summed E-state index contributed by atoms with van der Waals surface area (Å²) in [6, 6.07) is 7.88. The van der Waals surface area contributed by atoms with Crippen molar-refractivity contribution in [3.63, 3.8) is 0 Å². The zero-order valence-electron chi connectivity index (χ0n) is 10.1. The predicted molar refractivity (Wildman–Crippen MR) is 79.7 cm³/mol. The Bertz CT molecular complexity index is 678. The Morgan fingerprint density at radius 3 is 2.65 bits per heavy atom. The first-order valence-corrected chi connectivity index (χ1v) is 7.02. The molecule has 1 aliphatic heterocycles. The molecule has 0 amide bonds. The lowest BCUT2D eigenvalue weighted by Gasteiger charge is -2.28. The number of ether oxygens (including phenoxy) is 1. The highest BCUT2D eigenvalue weighted by atomic mass is 35.5. The minimum Gasteiger partial charge on any atom is -0.480 e. The van der Waals surface area contributed by atoms with E-state index >= 15 is 0 Å². The highest BCUT2D eigenvalue weighted by Crippen LogP contribution is 2.42. The van der Waals surface area contributed by atoms with Gasteiger partial charge in [-0.05, 0) is 29.8 Å². The van der Waals surface area contributed by atoms with E-state index in [1.54, 1.807) is 24.3 Å². The van der Waals surface area contributed by atoms with Gasteiger partial charge < -0.3 is 10.1 Å². The molecule has 104 valence electrons. The molecule has 0 aromatic heterocycles. The molecule has 2 aromatic carbocycles. The van der Waals surface area contributed by atoms with E-state index in [4.69, 9.17) is 39.5 Å². The third kappa shape index (κ3) is 2.53. The van der Waals surface area contributed by atoms with Crippen LogP contribution in [0.5, 0.6) is 5.75 Å². The molecule has 0 bridgehead atoms. The molecule has 1 N–H and O–H groups in total. The molecule has 2 aromatic rings. The topological polar surface area (TPSA) is 21.3 Å². The minimum atomic E-state index is -0.454. The van der Waals surface area contributed by atoms with E-state index in [0.29, 0.717) is 22.3 Å². The zero-order valence-corrected chi connectivity index (χ0v) is 12.4. The van der Waals surface area contributed by atoms with Gasteiger partial charge in [0.15, 0.2) is 5.75 Å². The van der Waals surface area contributed by atoms with Crippen LogP contribution in [0, 0.1) is 5.82 Å². The van der Waals surface area contributed by atoms with E-state index in [0.717, 1.165) is 11.3 Å². The molecule has 6 heteroatoms. The summed E-state index contributed by atoms with van der Waals surface area (Å²) < 4.78 is 19.1. The van der Waals surface area contributed by atoms with Gasteiger partial charge in [0.2, 0.25) is 0 Å². The lowest BCUT2D eigenvalue weighted by Crippen LogP contribution is -2.23. The summed E-state index contributed by atoms with van der Waals surface area (Å²) in [5.74, 6) is 0.0807. The predicted octanol–water partition coefficient (Wildman–Crippen LogP) is 5.33. The number of benzene rings is 2. The summed E-state index contributed by atoms with van der Waals surface area (Å²) >= 11 is 17.8. The number of fused-ring (bicyclic) bond motifs is 1. The van der Waals surface area contributed by atoms with Crippen LogP contribution in [0.1, 0.15) is 11.7 Å². The van der Waals surface area contributed by atoms with Crippen molar-refractivity contribution >= 4 is 40.5 Å². The first kappa shape index (κ1) is 13.8. The Kier molecular flexibility index (Phi) is 3.67. The van der Waals surface area contributed by atoms with Crippen molar-refractivity contribution in [3.05, 3.63) is 56.8 Å². The summed E-state index contributed by atoms with van der Waals surface area (Å²) in [5, 5.41) is 4.23. The fraction of sp³-hybridized carbons (Fsp3) is 0.143. The van der Waals surface area contributed by atoms with Crippen molar-refractivity contribution in [2.45, 2.75) is 6.10 Å². The van der Waals surface area contributed by atoms with Gasteiger partial charge in [-0.1, -0.05) is 40.9 Å². The molecule has 1 aliphatic rings. The molecule has 1 atom stereocenters. The third-order valence-electron chi connectivity index (χ3n) is 3.06. The van der Waals surface area contributed by atoms with Crippen molar-refractivity contribution < 1.29 is 9.13 Å². The molecule has 0 saturated heterocycles. The highest BCUT2D eigenvalue weighted by molar-refractivity contribution is 6.36. The highest BCUT2D eigenvalue weighted by Gasteiger charge is 2.24. The van der Waals surface area contributed by atoms with Crippen LogP contribution in [0.2, 0.25) is 15.1 Å². The van der Waals surface area contributed by atoms with Crippen molar-refractivity contribution in [1.29, 1.82) is 0 Å². The molecule has 0 radical (unpaired) electrons.